The molecule has 0 aliphatic heterocycles. The predicted molar refractivity (Wildman–Crippen MR) is 83.8 cm³/mol. The van der Waals surface area contributed by atoms with Crippen molar-refractivity contribution in [1.82, 2.24) is 0 Å². The van der Waals surface area contributed by atoms with E-state index >= 15 is 0 Å². The van der Waals surface area contributed by atoms with E-state index in [0.717, 1.165) is 17.8 Å². The Hall–Kier alpha value is -0.390. The molecule has 1 unspecified atom stereocenters. The molecule has 0 aliphatic carbocycles. The number of rotatable bonds is 5. The van der Waals surface area contributed by atoms with Crippen LogP contribution in [0.5, 0.6) is 0 Å². The van der Waals surface area contributed by atoms with Gasteiger partial charge in [0.05, 0.1) is 5.56 Å². The van der Waals surface area contributed by atoms with Gasteiger partial charge < -0.3 is 0 Å². The SMILES string of the molecule is CC(C)C(C)CC(=O)Sc1cc(C(=O)Cl)c(F)cc1Br. The van der Waals surface area contributed by atoms with Crippen LogP contribution in [-0.2, 0) is 4.79 Å². The van der Waals surface area contributed by atoms with Gasteiger partial charge in [-0.15, -0.1) is 0 Å². The lowest BCUT2D eigenvalue weighted by atomic mass is 9.95. The third-order valence-corrected chi connectivity index (χ3v) is 5.16. The second kappa shape index (κ2) is 7.57. The fourth-order valence-corrected chi connectivity index (χ4v) is 3.05. The van der Waals surface area contributed by atoms with E-state index in [4.69, 9.17) is 11.6 Å². The highest BCUT2D eigenvalue weighted by molar-refractivity contribution is 9.10. The monoisotopic (exact) mass is 380 g/mol. The van der Waals surface area contributed by atoms with Gasteiger partial charge in [0, 0.05) is 15.8 Å². The number of carbonyl (C=O) groups is 2. The van der Waals surface area contributed by atoms with E-state index in [-0.39, 0.29) is 16.6 Å². The van der Waals surface area contributed by atoms with Crippen LogP contribution in [0.4, 0.5) is 4.39 Å². The first-order valence-electron chi connectivity index (χ1n) is 6.12. The number of hydrogen-bond donors (Lipinski definition) is 0. The maximum atomic E-state index is 13.5. The van der Waals surface area contributed by atoms with Gasteiger partial charge in [-0.1, -0.05) is 32.5 Å². The summed E-state index contributed by atoms with van der Waals surface area (Å²) >= 11 is 9.49. The fraction of sp³-hybridized carbons (Fsp3) is 0.429. The summed E-state index contributed by atoms with van der Waals surface area (Å²) in [4.78, 5) is 23.6. The lowest BCUT2D eigenvalue weighted by Crippen LogP contribution is -2.08. The standard InChI is InChI=1S/C14H15BrClFO2S/c1-7(2)8(3)4-13(18)20-12-5-9(14(16)19)11(17)6-10(12)15/h5-8H,4H2,1-3H3. The van der Waals surface area contributed by atoms with E-state index in [2.05, 4.69) is 29.8 Å². The van der Waals surface area contributed by atoms with E-state index in [0.29, 0.717) is 21.7 Å². The topological polar surface area (TPSA) is 34.1 Å². The molecule has 0 radical (unpaired) electrons. The summed E-state index contributed by atoms with van der Waals surface area (Å²) in [7, 11) is 0. The van der Waals surface area contributed by atoms with Crippen LogP contribution in [0.1, 0.15) is 37.6 Å². The smallest absolute Gasteiger partial charge is 0.255 e. The zero-order valence-electron chi connectivity index (χ0n) is 11.4. The Morgan fingerprint density at radius 2 is 1.95 bits per heavy atom. The quantitative estimate of drug-likeness (QED) is 0.515. The molecule has 1 aromatic carbocycles. The van der Waals surface area contributed by atoms with Gasteiger partial charge in [-0.3, -0.25) is 9.59 Å². The molecule has 0 amide bonds. The summed E-state index contributed by atoms with van der Waals surface area (Å²) in [5.74, 6) is -0.0243. The van der Waals surface area contributed by atoms with Gasteiger partial charge in [0.2, 0.25) is 0 Å². The van der Waals surface area contributed by atoms with Gasteiger partial charge in [0.25, 0.3) is 5.24 Å². The maximum Gasteiger partial charge on any atom is 0.255 e. The number of thioether (sulfide) groups is 1. The van der Waals surface area contributed by atoms with Crippen molar-refractivity contribution in [3.05, 3.63) is 28.0 Å². The first kappa shape index (κ1) is 17.7. The summed E-state index contributed by atoms with van der Waals surface area (Å²) in [6.45, 7) is 6.12. The highest BCUT2D eigenvalue weighted by Crippen LogP contribution is 2.33. The van der Waals surface area contributed by atoms with Crippen LogP contribution in [0.2, 0.25) is 0 Å². The van der Waals surface area contributed by atoms with Crippen LogP contribution >= 0.6 is 39.3 Å². The highest BCUT2D eigenvalue weighted by Gasteiger charge is 2.18. The Labute approximate surface area is 135 Å². The van der Waals surface area contributed by atoms with Crippen LogP contribution < -0.4 is 0 Å². The molecule has 0 saturated heterocycles. The molecule has 2 nitrogen and oxygen atoms in total. The third-order valence-electron chi connectivity index (χ3n) is 3.08. The van der Waals surface area contributed by atoms with Crippen LogP contribution in [0.15, 0.2) is 21.5 Å². The molecule has 110 valence electrons. The molecule has 0 bridgehead atoms. The molecule has 0 N–H and O–H groups in total. The van der Waals surface area contributed by atoms with Crippen molar-refractivity contribution < 1.29 is 14.0 Å². The fourth-order valence-electron chi connectivity index (χ4n) is 1.42. The molecule has 20 heavy (non-hydrogen) atoms. The molecule has 1 aromatic rings. The summed E-state index contributed by atoms with van der Waals surface area (Å²) in [6, 6.07) is 2.45. The van der Waals surface area contributed by atoms with Crippen LogP contribution in [-0.4, -0.2) is 10.4 Å². The molecule has 1 atom stereocenters. The first-order valence-corrected chi connectivity index (χ1v) is 8.10. The van der Waals surface area contributed by atoms with Gasteiger partial charge in [-0.05, 0) is 51.5 Å². The Morgan fingerprint density at radius 1 is 1.35 bits per heavy atom. The summed E-state index contributed by atoms with van der Waals surface area (Å²) in [5, 5.41) is -0.897. The van der Waals surface area contributed by atoms with Gasteiger partial charge in [0.15, 0.2) is 5.12 Å². The summed E-state index contributed by atoms with van der Waals surface area (Å²) in [6.07, 6.45) is 0.427. The molecule has 0 fully saturated rings. The average molecular weight is 382 g/mol. The molecule has 0 heterocycles. The van der Waals surface area contributed by atoms with Gasteiger partial charge in [-0.2, -0.15) is 0 Å². The second-order valence-electron chi connectivity index (χ2n) is 4.94. The average Bonchev–Trinajstić information content (AvgIpc) is 2.31. The van der Waals surface area contributed by atoms with Gasteiger partial charge >= 0.3 is 0 Å². The van der Waals surface area contributed by atoms with Crippen molar-refractivity contribution in [2.24, 2.45) is 11.8 Å². The van der Waals surface area contributed by atoms with E-state index in [9.17, 15) is 14.0 Å². The second-order valence-corrected chi connectivity index (χ2v) is 7.23. The predicted octanol–water partition coefficient (Wildman–Crippen LogP) is 5.27. The number of carbonyl (C=O) groups excluding carboxylic acids is 2. The van der Waals surface area contributed by atoms with Crippen molar-refractivity contribution in [1.29, 1.82) is 0 Å². The lowest BCUT2D eigenvalue weighted by Gasteiger charge is -2.14. The molecule has 0 aliphatic rings. The van der Waals surface area contributed by atoms with Crippen molar-refractivity contribution in [3.63, 3.8) is 0 Å². The minimum Gasteiger partial charge on any atom is -0.287 e. The van der Waals surface area contributed by atoms with Crippen LogP contribution in [0, 0.1) is 17.7 Å². The molecular formula is C14H15BrClFO2S. The Bertz CT molecular complexity index is 534. The number of benzene rings is 1. The molecule has 1 rings (SSSR count). The van der Waals surface area contributed by atoms with Crippen molar-refractivity contribution in [2.75, 3.05) is 0 Å². The highest BCUT2D eigenvalue weighted by atomic mass is 79.9. The van der Waals surface area contributed by atoms with Crippen molar-refractivity contribution in [3.8, 4) is 0 Å². The van der Waals surface area contributed by atoms with Gasteiger partial charge in [0.1, 0.15) is 5.82 Å². The van der Waals surface area contributed by atoms with Crippen molar-refractivity contribution in [2.45, 2.75) is 32.1 Å². The Kier molecular flexibility index (Phi) is 6.69. The van der Waals surface area contributed by atoms with E-state index in [1.54, 1.807) is 0 Å². The largest absolute Gasteiger partial charge is 0.287 e. The maximum absolute atomic E-state index is 13.5. The van der Waals surface area contributed by atoms with Crippen LogP contribution in [0.3, 0.4) is 0 Å². The van der Waals surface area contributed by atoms with E-state index in [1.807, 2.05) is 6.92 Å². The molecule has 0 spiro atoms. The zero-order chi connectivity index (χ0) is 15.4. The lowest BCUT2D eigenvalue weighted by molar-refractivity contribution is -0.111. The molecule has 0 aromatic heterocycles. The third kappa shape index (κ3) is 4.86. The molecule has 0 saturated carbocycles. The van der Waals surface area contributed by atoms with Crippen molar-refractivity contribution >= 4 is 49.7 Å². The Balaban J connectivity index is 2.90. The number of halogens is 3. The summed E-state index contributed by atoms with van der Waals surface area (Å²) in [5.41, 5.74) is -0.220. The zero-order valence-corrected chi connectivity index (χ0v) is 14.5. The van der Waals surface area contributed by atoms with Crippen LogP contribution in [0.25, 0.3) is 0 Å². The first-order chi connectivity index (χ1) is 9.22. The van der Waals surface area contributed by atoms with E-state index < -0.39 is 11.1 Å². The molecule has 6 heteroatoms. The minimum absolute atomic E-state index is 0.0218. The normalized spacial score (nSPS) is 12.6. The van der Waals surface area contributed by atoms with E-state index in [1.165, 1.54) is 6.07 Å². The van der Waals surface area contributed by atoms with Gasteiger partial charge in [-0.25, -0.2) is 4.39 Å². The minimum atomic E-state index is -0.875. The molecular weight excluding hydrogens is 367 g/mol. The number of hydrogen-bond acceptors (Lipinski definition) is 3. The summed E-state index contributed by atoms with van der Waals surface area (Å²) < 4.78 is 13.9. The Morgan fingerprint density at radius 3 is 2.45 bits per heavy atom.